The molecule has 4 heteroatoms. The van der Waals surface area contributed by atoms with Gasteiger partial charge in [-0.3, -0.25) is 9.78 Å². The summed E-state index contributed by atoms with van der Waals surface area (Å²) < 4.78 is 6.36. The van der Waals surface area contributed by atoms with Gasteiger partial charge < -0.3 is 10.1 Å². The Bertz CT molecular complexity index is 766. The zero-order valence-corrected chi connectivity index (χ0v) is 13.9. The Morgan fingerprint density at radius 3 is 2.83 bits per heavy atom. The lowest BCUT2D eigenvalue weighted by Gasteiger charge is -2.40. The van der Waals surface area contributed by atoms with Crippen molar-refractivity contribution < 1.29 is 9.53 Å². The zero-order valence-electron chi connectivity index (χ0n) is 13.9. The first-order chi connectivity index (χ1) is 11.7. The van der Waals surface area contributed by atoms with Gasteiger partial charge in [-0.15, -0.1) is 0 Å². The molecule has 1 atom stereocenters. The number of aromatic nitrogens is 1. The third-order valence-corrected chi connectivity index (χ3v) is 5.28. The van der Waals surface area contributed by atoms with Crippen molar-refractivity contribution in [1.29, 1.82) is 0 Å². The van der Waals surface area contributed by atoms with E-state index in [4.69, 9.17) is 4.74 Å². The second-order valence-corrected chi connectivity index (χ2v) is 6.95. The maximum Gasteiger partial charge on any atom is 0.252 e. The van der Waals surface area contributed by atoms with Crippen LogP contribution in [0.25, 0.3) is 0 Å². The van der Waals surface area contributed by atoms with Gasteiger partial charge in [0.15, 0.2) is 0 Å². The topological polar surface area (TPSA) is 51.2 Å². The number of carbonyl (C=O) groups excluding carboxylic acids is 1. The van der Waals surface area contributed by atoms with Crippen LogP contribution in [0.3, 0.4) is 0 Å². The molecule has 1 aliphatic heterocycles. The van der Waals surface area contributed by atoms with Crippen LogP contribution in [0.1, 0.15) is 59.6 Å². The first-order valence-electron chi connectivity index (χ1n) is 8.66. The van der Waals surface area contributed by atoms with Gasteiger partial charge in [0.25, 0.3) is 5.91 Å². The molecule has 1 N–H and O–H groups in total. The van der Waals surface area contributed by atoms with E-state index in [1.807, 2.05) is 25.1 Å². The van der Waals surface area contributed by atoms with Gasteiger partial charge in [0.1, 0.15) is 11.4 Å². The van der Waals surface area contributed by atoms with Gasteiger partial charge in [0.2, 0.25) is 0 Å². The second-order valence-electron chi connectivity index (χ2n) is 6.95. The number of amides is 1. The van der Waals surface area contributed by atoms with E-state index in [1.54, 1.807) is 18.5 Å². The summed E-state index contributed by atoms with van der Waals surface area (Å²) in [6.45, 7) is 1.91. The van der Waals surface area contributed by atoms with Crippen molar-refractivity contribution >= 4 is 5.91 Å². The number of carbonyl (C=O) groups is 1. The summed E-state index contributed by atoms with van der Waals surface area (Å²) in [5, 5.41) is 3.24. The fraction of sp³-hybridized carbons (Fsp3) is 0.400. The molecule has 1 aromatic heterocycles. The summed E-state index contributed by atoms with van der Waals surface area (Å²) in [5.74, 6) is 0.882. The minimum atomic E-state index is -0.112. The Hall–Kier alpha value is -2.36. The average Bonchev–Trinajstić information content (AvgIpc) is 3.02. The first kappa shape index (κ1) is 15.2. The van der Waals surface area contributed by atoms with E-state index in [9.17, 15) is 4.79 Å². The SMILES string of the molecule is Cc1cnccc1C(=O)N[C@@H]1CC2(CCCC2)Oc2ccccc21. The highest BCUT2D eigenvalue weighted by Gasteiger charge is 2.43. The van der Waals surface area contributed by atoms with Crippen LogP contribution in [0.5, 0.6) is 5.75 Å². The van der Waals surface area contributed by atoms with Crippen LogP contribution in [0.4, 0.5) is 0 Å². The van der Waals surface area contributed by atoms with Gasteiger partial charge in [-0.1, -0.05) is 18.2 Å². The summed E-state index contributed by atoms with van der Waals surface area (Å²) in [5.41, 5.74) is 2.55. The Morgan fingerprint density at radius 2 is 2.04 bits per heavy atom. The molecule has 1 aromatic carbocycles. The van der Waals surface area contributed by atoms with Gasteiger partial charge in [0, 0.05) is 29.9 Å². The highest BCUT2D eigenvalue weighted by molar-refractivity contribution is 5.95. The third kappa shape index (κ3) is 2.66. The second kappa shape index (κ2) is 5.93. The minimum absolute atomic E-state index is 0.00637. The van der Waals surface area contributed by atoms with E-state index in [-0.39, 0.29) is 17.6 Å². The summed E-state index contributed by atoms with van der Waals surface area (Å²) in [6, 6.07) is 9.85. The normalized spacial score (nSPS) is 21.1. The fourth-order valence-corrected chi connectivity index (χ4v) is 4.04. The van der Waals surface area contributed by atoms with Crippen molar-refractivity contribution in [2.75, 3.05) is 0 Å². The number of para-hydroxylation sites is 1. The van der Waals surface area contributed by atoms with Crippen LogP contribution in [-0.2, 0) is 0 Å². The Balaban J connectivity index is 1.64. The highest BCUT2D eigenvalue weighted by atomic mass is 16.5. The van der Waals surface area contributed by atoms with Crippen LogP contribution >= 0.6 is 0 Å². The number of pyridine rings is 1. The van der Waals surface area contributed by atoms with Crippen LogP contribution in [0, 0.1) is 6.92 Å². The fourth-order valence-electron chi connectivity index (χ4n) is 4.04. The number of nitrogens with one attached hydrogen (secondary N) is 1. The predicted molar refractivity (Wildman–Crippen MR) is 92.1 cm³/mol. The monoisotopic (exact) mass is 322 g/mol. The Labute approximate surface area is 142 Å². The molecule has 24 heavy (non-hydrogen) atoms. The third-order valence-electron chi connectivity index (χ3n) is 5.28. The lowest BCUT2D eigenvalue weighted by Crippen LogP contribution is -2.43. The van der Waals surface area contributed by atoms with E-state index in [0.29, 0.717) is 5.56 Å². The Kier molecular flexibility index (Phi) is 3.75. The predicted octanol–water partition coefficient (Wildman–Crippen LogP) is 3.96. The molecule has 2 heterocycles. The molecule has 124 valence electrons. The number of rotatable bonds is 2. The maximum absolute atomic E-state index is 12.8. The summed E-state index contributed by atoms with van der Waals surface area (Å²) in [6.07, 6.45) is 8.78. The highest BCUT2D eigenvalue weighted by Crippen LogP contribution is 2.47. The van der Waals surface area contributed by atoms with E-state index >= 15 is 0 Å². The minimum Gasteiger partial charge on any atom is -0.487 e. The molecule has 2 aliphatic rings. The zero-order chi connectivity index (χ0) is 16.6. The largest absolute Gasteiger partial charge is 0.487 e. The molecule has 0 unspecified atom stereocenters. The van der Waals surface area contributed by atoms with Crippen molar-refractivity contribution in [3.63, 3.8) is 0 Å². The van der Waals surface area contributed by atoms with Crippen LogP contribution in [0.15, 0.2) is 42.7 Å². The molecule has 4 nitrogen and oxygen atoms in total. The van der Waals surface area contributed by atoms with E-state index < -0.39 is 0 Å². The van der Waals surface area contributed by atoms with E-state index in [1.165, 1.54) is 12.8 Å². The van der Waals surface area contributed by atoms with Crippen molar-refractivity contribution in [1.82, 2.24) is 10.3 Å². The van der Waals surface area contributed by atoms with E-state index in [0.717, 1.165) is 36.1 Å². The molecular weight excluding hydrogens is 300 g/mol. The molecule has 1 fully saturated rings. The molecule has 1 spiro atoms. The summed E-state index contributed by atoms with van der Waals surface area (Å²) >= 11 is 0. The van der Waals surface area contributed by atoms with Gasteiger partial charge >= 0.3 is 0 Å². The van der Waals surface area contributed by atoms with Gasteiger partial charge in [-0.05, 0) is 50.3 Å². The lowest BCUT2D eigenvalue weighted by molar-refractivity contribution is 0.0360. The molecular formula is C20H22N2O2. The van der Waals surface area contributed by atoms with Gasteiger partial charge in [-0.2, -0.15) is 0 Å². The number of aryl methyl sites for hydroxylation is 1. The van der Waals surface area contributed by atoms with Gasteiger partial charge in [0.05, 0.1) is 6.04 Å². The van der Waals surface area contributed by atoms with E-state index in [2.05, 4.69) is 16.4 Å². The standard InChI is InChI=1S/C20H22N2O2/c1-14-13-21-11-8-15(14)19(23)22-17-12-20(9-4-5-10-20)24-18-7-3-2-6-16(17)18/h2-3,6-8,11,13,17H,4-5,9-10,12H2,1H3,(H,22,23)/t17-/m1/s1. The maximum atomic E-state index is 12.8. The van der Waals surface area contributed by atoms with Crippen molar-refractivity contribution in [3.8, 4) is 5.75 Å². The average molecular weight is 322 g/mol. The van der Waals surface area contributed by atoms with Crippen LogP contribution in [-0.4, -0.2) is 16.5 Å². The molecule has 1 amide bonds. The quantitative estimate of drug-likeness (QED) is 0.910. The molecule has 0 bridgehead atoms. The van der Waals surface area contributed by atoms with Crippen molar-refractivity contribution in [2.45, 2.75) is 50.7 Å². The number of ether oxygens (including phenoxy) is 1. The molecule has 0 saturated heterocycles. The molecule has 1 aliphatic carbocycles. The van der Waals surface area contributed by atoms with Crippen molar-refractivity contribution in [2.24, 2.45) is 0 Å². The lowest BCUT2D eigenvalue weighted by atomic mass is 9.85. The molecule has 0 radical (unpaired) electrons. The van der Waals surface area contributed by atoms with Gasteiger partial charge in [-0.25, -0.2) is 0 Å². The summed E-state index contributed by atoms with van der Waals surface area (Å²) in [4.78, 5) is 16.8. The Morgan fingerprint density at radius 1 is 1.25 bits per heavy atom. The smallest absolute Gasteiger partial charge is 0.252 e. The molecule has 4 rings (SSSR count). The number of nitrogens with zero attached hydrogens (tertiary/aromatic N) is 1. The number of hydrogen-bond acceptors (Lipinski definition) is 3. The molecule has 2 aromatic rings. The van der Waals surface area contributed by atoms with Crippen LogP contribution in [0.2, 0.25) is 0 Å². The summed E-state index contributed by atoms with van der Waals surface area (Å²) in [7, 11) is 0. The number of fused-ring (bicyclic) bond motifs is 1. The molecule has 1 saturated carbocycles. The number of hydrogen-bond donors (Lipinski definition) is 1. The number of benzene rings is 1. The van der Waals surface area contributed by atoms with Crippen molar-refractivity contribution in [3.05, 3.63) is 59.4 Å². The first-order valence-corrected chi connectivity index (χ1v) is 8.66. The van der Waals surface area contributed by atoms with Crippen LogP contribution < -0.4 is 10.1 Å².